The summed E-state index contributed by atoms with van der Waals surface area (Å²) in [5, 5.41) is 17.6. The molecule has 21 heavy (non-hydrogen) atoms. The molecule has 1 heterocycles. The van der Waals surface area contributed by atoms with Crippen LogP contribution in [-0.4, -0.2) is 54.8 Å². The summed E-state index contributed by atoms with van der Waals surface area (Å²) in [4.78, 5) is 10.6. The van der Waals surface area contributed by atoms with Crippen molar-refractivity contribution in [1.82, 2.24) is 4.31 Å². The molecule has 2 atom stereocenters. The predicted molar refractivity (Wildman–Crippen MR) is 72.6 cm³/mol. The van der Waals surface area contributed by atoms with Crippen LogP contribution in [0.2, 0.25) is 5.02 Å². The first-order valence-corrected chi connectivity index (χ1v) is 7.87. The molecule has 2 rings (SSSR count). The lowest BCUT2D eigenvalue weighted by Crippen LogP contribution is -2.29. The van der Waals surface area contributed by atoms with Gasteiger partial charge in [0.05, 0.1) is 15.5 Å². The standard InChI is InChI=1S/C12H13ClFNO5S/c13-10-3-8(1-2-9(10)12(17)18)21(19,20)15-4-7(6-16)11(14)5-15/h1-3,7,11,16H,4-6H2,(H,17,18)/t7-,11+/m0/s1. The highest BCUT2D eigenvalue weighted by Crippen LogP contribution is 2.28. The normalized spacial score (nSPS) is 23.4. The third-order valence-electron chi connectivity index (χ3n) is 3.37. The molecule has 0 saturated carbocycles. The maximum absolute atomic E-state index is 13.6. The van der Waals surface area contributed by atoms with Gasteiger partial charge in [-0.05, 0) is 18.2 Å². The van der Waals surface area contributed by atoms with Gasteiger partial charge in [0.1, 0.15) is 6.17 Å². The zero-order chi connectivity index (χ0) is 15.8. The molecule has 1 fully saturated rings. The summed E-state index contributed by atoms with van der Waals surface area (Å²) in [6.45, 7) is -0.907. The number of benzene rings is 1. The third kappa shape index (κ3) is 3.03. The van der Waals surface area contributed by atoms with E-state index in [0.29, 0.717) is 0 Å². The molecule has 0 radical (unpaired) electrons. The molecule has 1 aromatic carbocycles. The largest absolute Gasteiger partial charge is 0.478 e. The second kappa shape index (κ2) is 5.88. The van der Waals surface area contributed by atoms with E-state index in [9.17, 15) is 17.6 Å². The maximum atomic E-state index is 13.6. The molecule has 1 aromatic rings. The molecule has 0 bridgehead atoms. The van der Waals surface area contributed by atoms with Gasteiger partial charge in [0.25, 0.3) is 0 Å². The number of aliphatic hydroxyl groups excluding tert-OH is 1. The molecule has 0 amide bonds. The van der Waals surface area contributed by atoms with E-state index in [1.165, 1.54) is 0 Å². The SMILES string of the molecule is O=C(O)c1ccc(S(=O)(=O)N2C[C@@H](CO)[C@H](F)C2)cc1Cl. The summed E-state index contributed by atoms with van der Waals surface area (Å²) in [5.74, 6) is -2.03. The van der Waals surface area contributed by atoms with Crippen LogP contribution >= 0.6 is 11.6 Å². The number of nitrogens with zero attached hydrogens (tertiary/aromatic N) is 1. The van der Waals surface area contributed by atoms with Crippen molar-refractivity contribution in [2.45, 2.75) is 11.1 Å². The Bertz CT molecular complexity index is 666. The number of aliphatic hydroxyl groups is 1. The first-order valence-electron chi connectivity index (χ1n) is 6.05. The lowest BCUT2D eigenvalue weighted by atomic mass is 10.1. The summed E-state index contributed by atoms with van der Waals surface area (Å²) < 4.78 is 39.2. The van der Waals surface area contributed by atoms with Crippen molar-refractivity contribution in [1.29, 1.82) is 0 Å². The molecule has 1 saturated heterocycles. The first kappa shape index (κ1) is 16.2. The molecule has 9 heteroatoms. The number of halogens is 2. The molecule has 0 unspecified atom stereocenters. The highest BCUT2D eigenvalue weighted by molar-refractivity contribution is 7.89. The Kier molecular flexibility index (Phi) is 4.52. The molecule has 0 aliphatic carbocycles. The average Bonchev–Trinajstić information content (AvgIpc) is 2.80. The van der Waals surface area contributed by atoms with Crippen molar-refractivity contribution in [3.63, 3.8) is 0 Å². The number of alkyl halides is 1. The monoisotopic (exact) mass is 337 g/mol. The van der Waals surface area contributed by atoms with Crippen molar-refractivity contribution in [2.75, 3.05) is 19.7 Å². The number of sulfonamides is 1. The van der Waals surface area contributed by atoms with Crippen LogP contribution in [0.25, 0.3) is 0 Å². The van der Waals surface area contributed by atoms with Gasteiger partial charge >= 0.3 is 5.97 Å². The minimum atomic E-state index is -3.97. The number of carbonyl (C=O) groups is 1. The van der Waals surface area contributed by atoms with Crippen molar-refractivity contribution in [3.05, 3.63) is 28.8 Å². The number of rotatable bonds is 4. The Morgan fingerprint density at radius 3 is 2.57 bits per heavy atom. The summed E-state index contributed by atoms with van der Waals surface area (Å²) in [6, 6.07) is 3.23. The molecular formula is C12H13ClFNO5S. The summed E-state index contributed by atoms with van der Waals surface area (Å²) in [6.07, 6.45) is -1.43. The highest BCUT2D eigenvalue weighted by atomic mass is 35.5. The van der Waals surface area contributed by atoms with Gasteiger partial charge in [0.2, 0.25) is 10.0 Å². The minimum absolute atomic E-state index is 0.127. The first-order chi connectivity index (χ1) is 9.77. The lowest BCUT2D eigenvalue weighted by molar-refractivity contribution is 0.0697. The van der Waals surface area contributed by atoms with Crippen LogP contribution in [0.1, 0.15) is 10.4 Å². The fourth-order valence-corrected chi connectivity index (χ4v) is 4.00. The number of carboxylic acids is 1. The third-order valence-corrected chi connectivity index (χ3v) is 5.51. The predicted octanol–water partition coefficient (Wildman–Crippen LogP) is 0.989. The smallest absolute Gasteiger partial charge is 0.337 e. The fourth-order valence-electron chi connectivity index (χ4n) is 2.14. The van der Waals surface area contributed by atoms with Gasteiger partial charge in [-0.15, -0.1) is 0 Å². The van der Waals surface area contributed by atoms with Crippen LogP contribution in [0.3, 0.4) is 0 Å². The number of carboxylic acid groups (broad SMARTS) is 1. The van der Waals surface area contributed by atoms with E-state index in [1.54, 1.807) is 0 Å². The van der Waals surface area contributed by atoms with Crippen LogP contribution in [0.4, 0.5) is 4.39 Å². The van der Waals surface area contributed by atoms with Crippen LogP contribution in [0, 0.1) is 5.92 Å². The van der Waals surface area contributed by atoms with E-state index in [0.717, 1.165) is 22.5 Å². The summed E-state index contributed by atoms with van der Waals surface area (Å²) in [7, 11) is -3.97. The molecule has 0 aromatic heterocycles. The zero-order valence-electron chi connectivity index (χ0n) is 10.7. The Balaban J connectivity index is 2.33. The van der Waals surface area contributed by atoms with E-state index in [4.69, 9.17) is 21.8 Å². The van der Waals surface area contributed by atoms with Crippen molar-refractivity contribution in [3.8, 4) is 0 Å². The summed E-state index contributed by atoms with van der Waals surface area (Å²) in [5.41, 5.74) is -0.214. The second-order valence-corrected chi connectivity index (χ2v) is 7.07. The Labute approximate surface area is 125 Å². The molecule has 0 spiro atoms. The summed E-state index contributed by atoms with van der Waals surface area (Å²) >= 11 is 5.74. The van der Waals surface area contributed by atoms with Gasteiger partial charge in [-0.1, -0.05) is 11.6 Å². The molecule has 1 aliphatic rings. The van der Waals surface area contributed by atoms with E-state index < -0.39 is 34.7 Å². The lowest BCUT2D eigenvalue weighted by Gasteiger charge is -2.16. The molecular weight excluding hydrogens is 325 g/mol. The average molecular weight is 338 g/mol. The van der Waals surface area contributed by atoms with Gasteiger partial charge in [0.15, 0.2) is 0 Å². The maximum Gasteiger partial charge on any atom is 0.337 e. The van der Waals surface area contributed by atoms with Crippen LogP contribution < -0.4 is 0 Å². The van der Waals surface area contributed by atoms with Gasteiger partial charge in [-0.25, -0.2) is 17.6 Å². The second-order valence-electron chi connectivity index (χ2n) is 4.73. The highest BCUT2D eigenvalue weighted by Gasteiger charge is 2.39. The number of aromatic carboxylic acids is 1. The van der Waals surface area contributed by atoms with Crippen molar-refractivity contribution < 1.29 is 27.8 Å². The van der Waals surface area contributed by atoms with E-state index in [-0.39, 0.29) is 28.6 Å². The Hall–Kier alpha value is -1.22. The van der Waals surface area contributed by atoms with Gasteiger partial charge in [0, 0.05) is 25.6 Å². The Morgan fingerprint density at radius 2 is 2.10 bits per heavy atom. The van der Waals surface area contributed by atoms with Crippen LogP contribution in [0.15, 0.2) is 23.1 Å². The molecule has 6 nitrogen and oxygen atoms in total. The van der Waals surface area contributed by atoms with Crippen molar-refractivity contribution in [2.24, 2.45) is 5.92 Å². The zero-order valence-corrected chi connectivity index (χ0v) is 12.3. The van der Waals surface area contributed by atoms with Crippen LogP contribution in [-0.2, 0) is 10.0 Å². The minimum Gasteiger partial charge on any atom is -0.478 e. The van der Waals surface area contributed by atoms with E-state index >= 15 is 0 Å². The van der Waals surface area contributed by atoms with Crippen LogP contribution in [0.5, 0.6) is 0 Å². The molecule has 2 N–H and O–H groups in total. The van der Waals surface area contributed by atoms with E-state index in [1.807, 2.05) is 0 Å². The molecule has 1 aliphatic heterocycles. The Morgan fingerprint density at radius 1 is 1.43 bits per heavy atom. The van der Waals surface area contributed by atoms with E-state index in [2.05, 4.69) is 0 Å². The number of hydrogen-bond acceptors (Lipinski definition) is 4. The quantitative estimate of drug-likeness (QED) is 0.854. The van der Waals surface area contributed by atoms with Gasteiger partial charge in [-0.3, -0.25) is 0 Å². The van der Waals surface area contributed by atoms with Gasteiger partial charge in [-0.2, -0.15) is 4.31 Å². The van der Waals surface area contributed by atoms with Gasteiger partial charge < -0.3 is 10.2 Å². The van der Waals surface area contributed by atoms with Crippen molar-refractivity contribution >= 4 is 27.6 Å². The topological polar surface area (TPSA) is 94.9 Å². The molecule has 116 valence electrons. The fraction of sp³-hybridized carbons (Fsp3) is 0.417. The number of hydrogen-bond donors (Lipinski definition) is 2.